The molecule has 1 aliphatic heterocycles. The Morgan fingerprint density at radius 3 is 2.79 bits per heavy atom. The number of carbonyl (C=O) groups excluding carboxylic acids is 1. The van der Waals surface area contributed by atoms with Crippen LogP contribution in [0.25, 0.3) is 11.6 Å². The number of carbonyl (C=O) groups is 1. The van der Waals surface area contributed by atoms with Crippen molar-refractivity contribution in [1.29, 1.82) is 0 Å². The van der Waals surface area contributed by atoms with E-state index >= 15 is 0 Å². The fourth-order valence-corrected chi connectivity index (χ4v) is 4.80. The summed E-state index contributed by atoms with van der Waals surface area (Å²) >= 11 is 6.24. The van der Waals surface area contributed by atoms with Gasteiger partial charge in [-0.25, -0.2) is 0 Å². The van der Waals surface area contributed by atoms with Gasteiger partial charge in [-0.15, -0.1) is 0 Å². The number of hydrogen-bond acceptors (Lipinski definition) is 1. The molecule has 2 N–H and O–H groups in total. The number of anilines is 1. The minimum atomic E-state index is -0.0763. The van der Waals surface area contributed by atoms with Crippen LogP contribution >= 0.6 is 11.6 Å². The van der Waals surface area contributed by atoms with E-state index in [1.54, 1.807) is 0 Å². The van der Waals surface area contributed by atoms with Gasteiger partial charge in [0.25, 0.3) is 5.91 Å². The van der Waals surface area contributed by atoms with Crippen molar-refractivity contribution in [2.24, 2.45) is 0 Å². The van der Waals surface area contributed by atoms with Crippen molar-refractivity contribution < 1.29 is 4.79 Å². The maximum atomic E-state index is 12.6. The third-order valence-electron chi connectivity index (χ3n) is 5.83. The van der Waals surface area contributed by atoms with Crippen LogP contribution in [0, 0.1) is 6.92 Å². The molecule has 3 nitrogen and oxygen atoms in total. The van der Waals surface area contributed by atoms with Crippen molar-refractivity contribution in [3.63, 3.8) is 0 Å². The normalized spacial score (nSPS) is 19.4. The number of aromatic nitrogens is 1. The topological polar surface area (TPSA) is 44.9 Å². The minimum Gasteiger partial charge on any atom is -0.359 e. The Morgan fingerprint density at radius 2 is 1.96 bits per heavy atom. The van der Waals surface area contributed by atoms with E-state index in [9.17, 15) is 4.79 Å². The lowest BCUT2D eigenvalue weighted by molar-refractivity contribution is -0.110. The molecular weight excluding hydrogens is 368 g/mol. The Kier molecular flexibility index (Phi) is 4.13. The van der Waals surface area contributed by atoms with E-state index in [-0.39, 0.29) is 5.91 Å². The van der Waals surface area contributed by atoms with Gasteiger partial charge in [-0.2, -0.15) is 0 Å². The van der Waals surface area contributed by atoms with E-state index in [1.165, 1.54) is 23.2 Å². The molecule has 2 aromatic carbocycles. The number of fused-ring (bicyclic) bond motifs is 2. The molecule has 140 valence electrons. The number of benzene rings is 2. The fourth-order valence-electron chi connectivity index (χ4n) is 4.53. The standard InChI is InChI=1S/C24H21ClN2O/c1-14-10-16(25)11-20-21(24(28)27-23(14)20)13-17-12-19-18(8-5-9-22(19)26-17)15-6-3-2-4-7-15/h2-4,6-7,10-13,18,26H,5,8-9H2,1H3,(H,27,28). The number of aryl methyl sites for hydroxylation is 2. The highest BCUT2D eigenvalue weighted by Crippen LogP contribution is 2.40. The summed E-state index contributed by atoms with van der Waals surface area (Å²) in [7, 11) is 0. The van der Waals surface area contributed by atoms with Crippen LogP contribution in [0.3, 0.4) is 0 Å². The number of nitrogens with one attached hydrogen (secondary N) is 2. The molecule has 3 aromatic rings. The van der Waals surface area contributed by atoms with Crippen molar-refractivity contribution in [2.75, 3.05) is 5.32 Å². The Bertz CT molecular complexity index is 1110. The maximum Gasteiger partial charge on any atom is 0.256 e. The lowest BCUT2D eigenvalue weighted by Crippen LogP contribution is -2.09. The molecule has 0 bridgehead atoms. The SMILES string of the molecule is Cc1cc(Cl)cc2c1NC(=O)C2=Cc1cc2c([nH]1)CCCC2c1ccccc1. The first-order valence-electron chi connectivity index (χ1n) is 9.70. The average Bonchev–Trinajstić information content (AvgIpc) is 3.24. The zero-order valence-electron chi connectivity index (χ0n) is 15.7. The van der Waals surface area contributed by atoms with E-state index in [1.807, 2.05) is 25.1 Å². The first-order valence-corrected chi connectivity index (χ1v) is 10.1. The van der Waals surface area contributed by atoms with Crippen LogP contribution in [0.5, 0.6) is 0 Å². The van der Waals surface area contributed by atoms with Gasteiger partial charge in [0.2, 0.25) is 0 Å². The second-order valence-electron chi connectivity index (χ2n) is 7.67. The van der Waals surface area contributed by atoms with Crippen LogP contribution in [0.1, 0.15) is 52.4 Å². The summed E-state index contributed by atoms with van der Waals surface area (Å²) in [5.74, 6) is 0.335. The molecule has 0 saturated carbocycles. The molecule has 1 unspecified atom stereocenters. The zero-order valence-corrected chi connectivity index (χ0v) is 16.4. The smallest absolute Gasteiger partial charge is 0.256 e. The Morgan fingerprint density at radius 1 is 1.14 bits per heavy atom. The number of rotatable bonds is 2. The lowest BCUT2D eigenvalue weighted by Gasteiger charge is -2.22. The average molecular weight is 389 g/mol. The molecule has 1 aromatic heterocycles. The number of aromatic amines is 1. The molecule has 1 aliphatic carbocycles. The molecule has 2 heterocycles. The van der Waals surface area contributed by atoms with E-state index in [0.717, 1.165) is 35.3 Å². The van der Waals surface area contributed by atoms with Gasteiger partial charge in [0.05, 0.1) is 11.3 Å². The molecular formula is C24H21ClN2O. The fraction of sp³-hybridized carbons (Fsp3) is 0.208. The summed E-state index contributed by atoms with van der Waals surface area (Å²) in [6.07, 6.45) is 5.33. The van der Waals surface area contributed by atoms with Crippen LogP contribution < -0.4 is 5.32 Å². The van der Waals surface area contributed by atoms with Gasteiger partial charge in [-0.1, -0.05) is 41.9 Å². The molecule has 0 spiro atoms. The quantitative estimate of drug-likeness (QED) is 0.524. The largest absolute Gasteiger partial charge is 0.359 e. The van der Waals surface area contributed by atoms with E-state index < -0.39 is 0 Å². The predicted molar refractivity (Wildman–Crippen MR) is 115 cm³/mol. The second-order valence-corrected chi connectivity index (χ2v) is 8.11. The summed E-state index contributed by atoms with van der Waals surface area (Å²) in [6.45, 7) is 1.96. The molecule has 0 saturated heterocycles. The molecule has 4 heteroatoms. The van der Waals surface area contributed by atoms with Gasteiger partial charge in [-0.3, -0.25) is 4.79 Å². The van der Waals surface area contributed by atoms with Crippen LogP contribution in [-0.2, 0) is 11.2 Å². The van der Waals surface area contributed by atoms with Crippen molar-refractivity contribution in [3.05, 3.63) is 87.2 Å². The van der Waals surface area contributed by atoms with E-state index in [0.29, 0.717) is 16.5 Å². The van der Waals surface area contributed by atoms with Crippen LogP contribution in [0.4, 0.5) is 5.69 Å². The maximum absolute atomic E-state index is 12.6. The summed E-state index contributed by atoms with van der Waals surface area (Å²) in [6, 6.07) is 16.6. The van der Waals surface area contributed by atoms with Gasteiger partial charge in [0.15, 0.2) is 0 Å². The van der Waals surface area contributed by atoms with E-state index in [4.69, 9.17) is 11.6 Å². The van der Waals surface area contributed by atoms with Crippen molar-refractivity contribution in [3.8, 4) is 0 Å². The number of hydrogen-bond donors (Lipinski definition) is 2. The first-order chi connectivity index (χ1) is 13.6. The summed E-state index contributed by atoms with van der Waals surface area (Å²) in [4.78, 5) is 16.1. The summed E-state index contributed by atoms with van der Waals surface area (Å²) < 4.78 is 0. The van der Waals surface area contributed by atoms with Gasteiger partial charge in [-0.05, 0) is 67.2 Å². The Hall–Kier alpha value is -2.78. The Balaban J connectivity index is 1.57. The number of amides is 1. The van der Waals surface area contributed by atoms with E-state index in [2.05, 4.69) is 46.7 Å². The van der Waals surface area contributed by atoms with Crippen molar-refractivity contribution >= 4 is 34.8 Å². The van der Waals surface area contributed by atoms with Gasteiger partial charge in [0, 0.05) is 27.9 Å². The molecule has 0 radical (unpaired) electrons. The lowest BCUT2D eigenvalue weighted by atomic mass is 9.82. The van der Waals surface area contributed by atoms with Crippen LogP contribution in [0.2, 0.25) is 5.02 Å². The van der Waals surface area contributed by atoms with Gasteiger partial charge < -0.3 is 10.3 Å². The summed E-state index contributed by atoms with van der Waals surface area (Å²) in [5.41, 5.74) is 8.35. The molecule has 5 rings (SSSR count). The third-order valence-corrected chi connectivity index (χ3v) is 6.04. The highest BCUT2D eigenvalue weighted by molar-refractivity contribution is 6.37. The highest BCUT2D eigenvalue weighted by Gasteiger charge is 2.28. The van der Waals surface area contributed by atoms with Gasteiger partial charge >= 0.3 is 0 Å². The second kappa shape index (κ2) is 6.68. The number of halogens is 1. The van der Waals surface area contributed by atoms with Gasteiger partial charge in [0.1, 0.15) is 0 Å². The molecule has 0 fully saturated rings. The van der Waals surface area contributed by atoms with Crippen molar-refractivity contribution in [2.45, 2.75) is 32.1 Å². The summed E-state index contributed by atoms with van der Waals surface area (Å²) in [5, 5.41) is 3.63. The third kappa shape index (κ3) is 2.87. The highest BCUT2D eigenvalue weighted by atomic mass is 35.5. The zero-order chi connectivity index (χ0) is 19.3. The minimum absolute atomic E-state index is 0.0763. The predicted octanol–water partition coefficient (Wildman–Crippen LogP) is 5.94. The Labute approximate surface area is 169 Å². The van der Waals surface area contributed by atoms with Crippen LogP contribution in [-0.4, -0.2) is 10.9 Å². The molecule has 28 heavy (non-hydrogen) atoms. The monoisotopic (exact) mass is 388 g/mol. The first kappa shape index (κ1) is 17.3. The molecule has 2 aliphatic rings. The molecule has 1 atom stereocenters. The number of H-pyrrole nitrogens is 1. The van der Waals surface area contributed by atoms with Crippen LogP contribution in [0.15, 0.2) is 48.5 Å². The van der Waals surface area contributed by atoms with Crippen molar-refractivity contribution in [1.82, 2.24) is 4.98 Å². The molecule has 1 amide bonds.